The number of carbonyl (C=O) groups excluding carboxylic acids is 3. The van der Waals surface area contributed by atoms with Gasteiger partial charge in [0.2, 0.25) is 17.7 Å². The third kappa shape index (κ3) is 14.8. The minimum atomic E-state index is -1.13. The number of nitrogens with two attached hydrogens (primary N) is 1. The van der Waals surface area contributed by atoms with Gasteiger partial charge in [-0.25, -0.2) is 4.79 Å². The molecule has 3 amide bonds. The van der Waals surface area contributed by atoms with Gasteiger partial charge >= 0.3 is 5.97 Å². The first kappa shape index (κ1) is 35.1. The second kappa shape index (κ2) is 18.4. The zero-order chi connectivity index (χ0) is 30.9. The van der Waals surface area contributed by atoms with Crippen molar-refractivity contribution in [2.24, 2.45) is 5.73 Å². The summed E-state index contributed by atoms with van der Waals surface area (Å²) >= 11 is 0. The normalized spacial score (nSPS) is 15.2. The van der Waals surface area contributed by atoms with Crippen molar-refractivity contribution in [3.05, 3.63) is 65.5 Å². The summed E-state index contributed by atoms with van der Waals surface area (Å²) in [5.41, 5.74) is 9.01. The number of amides is 3. The Balaban J connectivity index is 0.000000895. The van der Waals surface area contributed by atoms with E-state index in [4.69, 9.17) is 10.5 Å². The second-order valence-corrected chi connectivity index (χ2v) is 9.91. The quantitative estimate of drug-likeness (QED) is 0.138. The Kier molecular flexibility index (Phi) is 15.7. The predicted molar refractivity (Wildman–Crippen MR) is 160 cm³/mol. The molecular formula is C30H45N5O6. The monoisotopic (exact) mass is 571 g/mol. The zero-order valence-electron chi connectivity index (χ0n) is 24.7. The van der Waals surface area contributed by atoms with Crippen LogP contribution in [0.5, 0.6) is 0 Å². The van der Waals surface area contributed by atoms with Gasteiger partial charge < -0.3 is 36.8 Å². The molecule has 0 spiro atoms. The van der Waals surface area contributed by atoms with Gasteiger partial charge in [0.1, 0.15) is 18.0 Å². The number of nitrogens with one attached hydrogen (secondary N) is 4. The minimum Gasteiger partial charge on any atom is -0.480 e. The maximum absolute atomic E-state index is 12.1. The molecule has 0 bridgehead atoms. The van der Waals surface area contributed by atoms with Crippen molar-refractivity contribution in [2.45, 2.75) is 78.5 Å². The van der Waals surface area contributed by atoms with Gasteiger partial charge in [0.25, 0.3) is 0 Å². The summed E-state index contributed by atoms with van der Waals surface area (Å²) in [5, 5.41) is 20.2. The first-order valence-electron chi connectivity index (χ1n) is 13.7. The molecule has 226 valence electrons. The van der Waals surface area contributed by atoms with E-state index in [1.165, 1.54) is 5.57 Å². The van der Waals surface area contributed by atoms with Gasteiger partial charge in [0.05, 0.1) is 12.6 Å². The highest BCUT2D eigenvalue weighted by atomic mass is 16.6. The number of anilines is 1. The van der Waals surface area contributed by atoms with Crippen LogP contribution in [0.2, 0.25) is 0 Å². The molecule has 11 nitrogen and oxygen atoms in total. The summed E-state index contributed by atoms with van der Waals surface area (Å²) in [6.45, 7) is 14.2. The van der Waals surface area contributed by atoms with Gasteiger partial charge in [-0.2, -0.15) is 0 Å². The number of likely N-dealkylation sites (N-methyl/N-ethyl adjacent to an activating group) is 1. The molecule has 3 unspecified atom stereocenters. The minimum absolute atomic E-state index is 0.109. The molecule has 0 saturated carbocycles. The van der Waals surface area contributed by atoms with Gasteiger partial charge in [-0.05, 0) is 69.5 Å². The van der Waals surface area contributed by atoms with Crippen molar-refractivity contribution in [2.75, 3.05) is 18.5 Å². The highest BCUT2D eigenvalue weighted by Gasteiger charge is 2.24. The topological polar surface area (TPSA) is 175 Å². The Morgan fingerprint density at radius 3 is 2.24 bits per heavy atom. The maximum atomic E-state index is 12.1. The average molecular weight is 572 g/mol. The first-order chi connectivity index (χ1) is 19.4. The Morgan fingerprint density at radius 1 is 1.12 bits per heavy atom. The fourth-order valence-corrected chi connectivity index (χ4v) is 3.43. The summed E-state index contributed by atoms with van der Waals surface area (Å²) in [5.74, 6) is -1.67. The molecule has 1 fully saturated rings. The standard InChI is InChI=1S/C23H35N5O5.C7H10O/c1-5-25-15(4)22(31)27-18(23(32)33)13-16-9-11-17(12-10-16)26-19(29)7-6-8-20(30)28-21(24)14(2)3;1-3-4-6(2)7-5-8-7/h9-12,15,18,25H,5-8,13,24H2,1-4H3,(H,26,29)(H,27,31)(H,28,30)(H,32,33);3-4,7H,1,5H2,2H3/b;6-4+. The van der Waals surface area contributed by atoms with Gasteiger partial charge in [0, 0.05) is 24.9 Å². The van der Waals surface area contributed by atoms with Crippen LogP contribution in [0.15, 0.2) is 60.0 Å². The number of benzene rings is 1. The number of allylic oxidation sites excluding steroid dienone is 3. The molecule has 7 N–H and O–H groups in total. The van der Waals surface area contributed by atoms with Gasteiger partial charge in [-0.1, -0.05) is 37.8 Å². The molecule has 1 aromatic rings. The van der Waals surface area contributed by atoms with E-state index in [2.05, 4.69) is 34.8 Å². The molecule has 0 radical (unpaired) electrons. The third-order valence-electron chi connectivity index (χ3n) is 6.04. The van der Waals surface area contributed by atoms with Crippen LogP contribution in [0.4, 0.5) is 5.69 Å². The first-order valence-corrected chi connectivity index (χ1v) is 13.7. The van der Waals surface area contributed by atoms with Crippen LogP contribution in [0, 0.1) is 0 Å². The van der Waals surface area contributed by atoms with E-state index in [1.54, 1.807) is 51.1 Å². The molecule has 2 rings (SSSR count). The van der Waals surface area contributed by atoms with Crippen LogP contribution < -0.4 is 27.0 Å². The van der Waals surface area contributed by atoms with Crippen molar-refractivity contribution in [3.63, 3.8) is 0 Å². The summed E-state index contributed by atoms with van der Waals surface area (Å²) in [4.78, 5) is 47.5. The number of hydrogen-bond donors (Lipinski definition) is 6. The lowest BCUT2D eigenvalue weighted by Crippen LogP contribution is -2.49. The van der Waals surface area contributed by atoms with E-state index in [0.717, 1.165) is 12.2 Å². The van der Waals surface area contributed by atoms with E-state index in [-0.39, 0.29) is 37.0 Å². The Labute approximate surface area is 242 Å². The van der Waals surface area contributed by atoms with Crippen LogP contribution in [-0.4, -0.2) is 60.1 Å². The summed E-state index contributed by atoms with van der Waals surface area (Å²) in [7, 11) is 0. The number of carboxylic acids is 1. The number of rotatable bonds is 15. The number of hydrogen-bond acceptors (Lipinski definition) is 7. The second-order valence-electron chi connectivity index (χ2n) is 9.91. The lowest BCUT2D eigenvalue weighted by molar-refractivity contribution is -0.142. The summed E-state index contributed by atoms with van der Waals surface area (Å²) in [6, 6.07) is 5.16. The van der Waals surface area contributed by atoms with Crippen molar-refractivity contribution in [1.82, 2.24) is 16.0 Å². The Bertz CT molecular complexity index is 1100. The molecule has 0 aliphatic carbocycles. The molecule has 0 aromatic heterocycles. The Hall–Kier alpha value is -3.96. The lowest BCUT2D eigenvalue weighted by atomic mass is 10.0. The number of epoxide rings is 1. The SMILES string of the molecule is C=C/C=C(\C)C1CO1.CCNC(C)C(=O)NC(Cc1ccc(NC(=O)CCCC(=O)NC(N)=C(C)C)cc1)C(=O)O. The molecule has 41 heavy (non-hydrogen) atoms. The number of carbonyl (C=O) groups is 4. The summed E-state index contributed by atoms with van der Waals surface area (Å²) in [6.07, 6.45) is 5.01. The molecule has 1 heterocycles. The highest BCUT2D eigenvalue weighted by Crippen LogP contribution is 2.18. The van der Waals surface area contributed by atoms with E-state index in [9.17, 15) is 24.3 Å². The van der Waals surface area contributed by atoms with Crippen molar-refractivity contribution < 1.29 is 29.0 Å². The van der Waals surface area contributed by atoms with Crippen LogP contribution in [0.1, 0.15) is 59.4 Å². The van der Waals surface area contributed by atoms with E-state index in [0.29, 0.717) is 36.1 Å². The smallest absolute Gasteiger partial charge is 0.326 e. The third-order valence-corrected chi connectivity index (χ3v) is 6.04. The maximum Gasteiger partial charge on any atom is 0.326 e. The van der Waals surface area contributed by atoms with Crippen molar-refractivity contribution in [1.29, 1.82) is 0 Å². The van der Waals surface area contributed by atoms with Gasteiger partial charge in [0.15, 0.2) is 0 Å². The van der Waals surface area contributed by atoms with Crippen molar-refractivity contribution >= 4 is 29.4 Å². The van der Waals surface area contributed by atoms with Crippen LogP contribution in [0.3, 0.4) is 0 Å². The van der Waals surface area contributed by atoms with Gasteiger partial charge in [-0.3, -0.25) is 14.4 Å². The number of carboxylic acid groups (broad SMARTS) is 1. The highest BCUT2D eigenvalue weighted by molar-refractivity contribution is 5.91. The fourth-order valence-electron chi connectivity index (χ4n) is 3.43. The molecular weight excluding hydrogens is 526 g/mol. The molecule has 1 aromatic carbocycles. The molecule has 1 aliphatic rings. The average Bonchev–Trinajstić information content (AvgIpc) is 3.75. The molecule has 1 saturated heterocycles. The molecule has 1 aliphatic heterocycles. The van der Waals surface area contributed by atoms with E-state index in [1.807, 2.05) is 13.0 Å². The number of ether oxygens (including phenoxy) is 1. The van der Waals surface area contributed by atoms with E-state index < -0.39 is 18.1 Å². The van der Waals surface area contributed by atoms with E-state index >= 15 is 0 Å². The number of aliphatic carboxylic acids is 1. The van der Waals surface area contributed by atoms with Crippen molar-refractivity contribution in [3.8, 4) is 0 Å². The zero-order valence-corrected chi connectivity index (χ0v) is 24.7. The fraction of sp³-hybridized carbons (Fsp3) is 0.467. The van der Waals surface area contributed by atoms with Gasteiger partial charge in [-0.15, -0.1) is 0 Å². The van der Waals surface area contributed by atoms with Crippen LogP contribution >= 0.6 is 0 Å². The Morgan fingerprint density at radius 2 is 1.73 bits per heavy atom. The lowest BCUT2D eigenvalue weighted by Gasteiger charge is -2.18. The molecule has 3 atom stereocenters. The largest absolute Gasteiger partial charge is 0.480 e. The molecule has 11 heteroatoms. The summed E-state index contributed by atoms with van der Waals surface area (Å²) < 4.78 is 5.01. The van der Waals surface area contributed by atoms with Crippen LogP contribution in [0.25, 0.3) is 0 Å². The predicted octanol–water partition coefficient (Wildman–Crippen LogP) is 2.75. The van der Waals surface area contributed by atoms with Crippen LogP contribution in [-0.2, 0) is 30.3 Å².